The lowest BCUT2D eigenvalue weighted by Crippen LogP contribution is -2.12. The van der Waals surface area contributed by atoms with Gasteiger partial charge in [-0.25, -0.2) is 4.39 Å². The summed E-state index contributed by atoms with van der Waals surface area (Å²) in [5.41, 5.74) is 1.73. The second-order valence-corrected chi connectivity index (χ2v) is 7.79. The summed E-state index contributed by atoms with van der Waals surface area (Å²) in [6.45, 7) is 0. The van der Waals surface area contributed by atoms with Crippen molar-refractivity contribution in [2.24, 2.45) is 0 Å². The van der Waals surface area contributed by atoms with Crippen molar-refractivity contribution >= 4 is 33.3 Å². The third-order valence-corrected chi connectivity index (χ3v) is 5.63. The summed E-state index contributed by atoms with van der Waals surface area (Å²) >= 11 is 0. The summed E-state index contributed by atoms with van der Waals surface area (Å²) in [6, 6.07) is 22.1. The van der Waals surface area contributed by atoms with Crippen LogP contribution in [0.3, 0.4) is 0 Å². The number of rotatable bonds is 6. The summed E-state index contributed by atoms with van der Waals surface area (Å²) in [5.74, 6) is 1.74. The number of carbonyl (C=O) groups excluding carboxylic acids is 1. The maximum Gasteiger partial charge on any atom is 0.256 e. The van der Waals surface area contributed by atoms with Crippen LogP contribution >= 0.6 is 0 Å². The van der Waals surface area contributed by atoms with Gasteiger partial charge in [-0.15, -0.1) is 0 Å². The molecule has 1 N–H and O–H groups in total. The Labute approximate surface area is 200 Å². The van der Waals surface area contributed by atoms with Crippen molar-refractivity contribution in [3.63, 3.8) is 0 Å². The minimum atomic E-state index is -0.361. The topological polar surface area (TPSA) is 69.7 Å². The number of halogens is 1. The van der Waals surface area contributed by atoms with Gasteiger partial charge in [0, 0.05) is 28.9 Å². The number of hydrogen-bond donors (Lipinski definition) is 1. The average molecular weight is 468 g/mol. The molecule has 7 heteroatoms. The smallest absolute Gasteiger partial charge is 0.256 e. The minimum absolute atomic E-state index is 0.281. The highest BCUT2D eigenvalue weighted by atomic mass is 19.1. The van der Waals surface area contributed by atoms with Gasteiger partial charge in [0.05, 0.1) is 19.7 Å². The van der Waals surface area contributed by atoms with Crippen LogP contribution in [-0.4, -0.2) is 25.1 Å². The summed E-state index contributed by atoms with van der Waals surface area (Å²) in [5, 5.41) is 5.19. The van der Waals surface area contributed by atoms with Crippen molar-refractivity contribution in [2.75, 3.05) is 19.5 Å². The molecule has 5 rings (SSSR count). The molecule has 174 valence electrons. The standard InChI is InChI=1S/C28H21FN2O4/c1-33-26-15-23-24(16-27(26)34-2)30-13-12-25(23)35-20-10-11-21-17(14-20)4-3-5-22(21)28(32)31-19-8-6-18(29)7-9-19/h3-16H,1-2H3,(H,31,32). The van der Waals surface area contributed by atoms with E-state index in [2.05, 4.69) is 10.3 Å². The fourth-order valence-electron chi connectivity index (χ4n) is 3.92. The van der Waals surface area contributed by atoms with Crippen LogP contribution < -0.4 is 19.5 Å². The molecule has 0 aliphatic carbocycles. The van der Waals surface area contributed by atoms with E-state index in [1.807, 2.05) is 36.4 Å². The van der Waals surface area contributed by atoms with Crippen LogP contribution in [0.15, 0.2) is 85.1 Å². The molecule has 0 radical (unpaired) electrons. The molecule has 1 amide bonds. The van der Waals surface area contributed by atoms with Gasteiger partial charge in [-0.05, 0) is 71.4 Å². The summed E-state index contributed by atoms with van der Waals surface area (Å²) in [6.07, 6.45) is 1.67. The van der Waals surface area contributed by atoms with Gasteiger partial charge in [-0.3, -0.25) is 9.78 Å². The molecule has 4 aromatic carbocycles. The van der Waals surface area contributed by atoms with E-state index in [-0.39, 0.29) is 11.7 Å². The first-order chi connectivity index (χ1) is 17.1. The van der Waals surface area contributed by atoms with Gasteiger partial charge in [0.2, 0.25) is 0 Å². The van der Waals surface area contributed by atoms with Crippen molar-refractivity contribution < 1.29 is 23.4 Å². The molecular weight excluding hydrogens is 447 g/mol. The molecule has 0 saturated carbocycles. The number of hydrogen-bond acceptors (Lipinski definition) is 5. The van der Waals surface area contributed by atoms with E-state index in [1.54, 1.807) is 38.6 Å². The highest BCUT2D eigenvalue weighted by Crippen LogP contribution is 2.37. The second kappa shape index (κ2) is 9.30. The Bertz CT molecular complexity index is 1550. The van der Waals surface area contributed by atoms with Crippen LogP contribution in [0.5, 0.6) is 23.0 Å². The molecule has 0 bridgehead atoms. The number of nitrogens with zero attached hydrogens (tertiary/aromatic N) is 1. The normalized spacial score (nSPS) is 10.8. The predicted molar refractivity (Wildman–Crippen MR) is 133 cm³/mol. The van der Waals surface area contributed by atoms with E-state index in [1.165, 1.54) is 24.3 Å². The number of benzene rings is 4. The highest BCUT2D eigenvalue weighted by Gasteiger charge is 2.14. The zero-order valence-electron chi connectivity index (χ0n) is 19.0. The zero-order valence-corrected chi connectivity index (χ0v) is 19.0. The lowest BCUT2D eigenvalue weighted by molar-refractivity contribution is 0.102. The SMILES string of the molecule is COc1cc2nccc(Oc3ccc4c(C(=O)Nc5ccc(F)cc5)cccc4c3)c2cc1OC. The van der Waals surface area contributed by atoms with Gasteiger partial charge in [0.25, 0.3) is 5.91 Å². The molecule has 0 spiro atoms. The number of anilines is 1. The van der Waals surface area contributed by atoms with Gasteiger partial charge >= 0.3 is 0 Å². The van der Waals surface area contributed by atoms with Crippen molar-refractivity contribution in [3.05, 3.63) is 96.4 Å². The molecule has 0 atom stereocenters. The van der Waals surface area contributed by atoms with Crippen LogP contribution in [0.1, 0.15) is 10.4 Å². The molecule has 0 saturated heterocycles. The first-order valence-electron chi connectivity index (χ1n) is 10.8. The molecule has 0 unspecified atom stereocenters. The lowest BCUT2D eigenvalue weighted by atomic mass is 10.0. The lowest BCUT2D eigenvalue weighted by Gasteiger charge is -2.13. The van der Waals surface area contributed by atoms with E-state index in [4.69, 9.17) is 14.2 Å². The first-order valence-corrected chi connectivity index (χ1v) is 10.8. The fraction of sp³-hybridized carbons (Fsp3) is 0.0714. The Balaban J connectivity index is 1.46. The molecule has 1 aromatic heterocycles. The van der Waals surface area contributed by atoms with E-state index in [0.29, 0.717) is 39.8 Å². The number of ether oxygens (including phenoxy) is 3. The highest BCUT2D eigenvalue weighted by molar-refractivity contribution is 6.13. The van der Waals surface area contributed by atoms with Gasteiger partial charge in [-0.1, -0.05) is 12.1 Å². The van der Waals surface area contributed by atoms with Crippen molar-refractivity contribution in [2.45, 2.75) is 0 Å². The number of amides is 1. The Morgan fingerprint density at radius 2 is 1.60 bits per heavy atom. The summed E-state index contributed by atoms with van der Waals surface area (Å²) in [4.78, 5) is 17.3. The molecule has 5 aromatic rings. The Morgan fingerprint density at radius 1 is 0.829 bits per heavy atom. The maximum atomic E-state index is 13.2. The Hall–Kier alpha value is -4.65. The number of fused-ring (bicyclic) bond motifs is 2. The van der Waals surface area contributed by atoms with E-state index >= 15 is 0 Å². The predicted octanol–water partition coefficient (Wildman–Crippen LogP) is 6.59. The number of methoxy groups -OCH3 is 2. The first kappa shape index (κ1) is 22.2. The number of aromatic nitrogens is 1. The molecule has 35 heavy (non-hydrogen) atoms. The molecule has 0 aliphatic heterocycles. The second-order valence-electron chi connectivity index (χ2n) is 7.79. The molecule has 0 fully saturated rings. The zero-order chi connectivity index (χ0) is 24.4. The summed E-state index contributed by atoms with van der Waals surface area (Å²) < 4.78 is 30.2. The number of pyridine rings is 1. The largest absolute Gasteiger partial charge is 0.493 e. The fourth-order valence-corrected chi connectivity index (χ4v) is 3.92. The third kappa shape index (κ3) is 4.44. The van der Waals surface area contributed by atoms with Crippen LogP contribution in [0, 0.1) is 5.82 Å². The van der Waals surface area contributed by atoms with Gasteiger partial charge in [0.1, 0.15) is 17.3 Å². The molecule has 6 nitrogen and oxygen atoms in total. The number of carbonyl (C=O) groups is 1. The van der Waals surface area contributed by atoms with Gasteiger partial charge in [0.15, 0.2) is 11.5 Å². The van der Waals surface area contributed by atoms with Crippen LogP contribution in [0.4, 0.5) is 10.1 Å². The molecule has 0 aliphatic rings. The van der Waals surface area contributed by atoms with E-state index in [9.17, 15) is 9.18 Å². The van der Waals surface area contributed by atoms with E-state index in [0.717, 1.165) is 16.2 Å². The van der Waals surface area contributed by atoms with Crippen LogP contribution in [-0.2, 0) is 0 Å². The van der Waals surface area contributed by atoms with Crippen LogP contribution in [0.2, 0.25) is 0 Å². The van der Waals surface area contributed by atoms with Gasteiger partial charge in [-0.2, -0.15) is 0 Å². The van der Waals surface area contributed by atoms with Crippen molar-refractivity contribution in [3.8, 4) is 23.0 Å². The third-order valence-electron chi connectivity index (χ3n) is 5.63. The van der Waals surface area contributed by atoms with E-state index < -0.39 is 0 Å². The number of nitrogens with one attached hydrogen (secondary N) is 1. The maximum absolute atomic E-state index is 13.2. The Kier molecular flexibility index (Phi) is 5.89. The van der Waals surface area contributed by atoms with Gasteiger partial charge < -0.3 is 19.5 Å². The van der Waals surface area contributed by atoms with Crippen LogP contribution in [0.25, 0.3) is 21.7 Å². The molecule has 1 heterocycles. The molecular formula is C28H21FN2O4. The van der Waals surface area contributed by atoms with Crippen molar-refractivity contribution in [1.82, 2.24) is 4.98 Å². The Morgan fingerprint density at radius 3 is 2.37 bits per heavy atom. The quantitative estimate of drug-likeness (QED) is 0.304. The minimum Gasteiger partial charge on any atom is -0.493 e. The summed E-state index contributed by atoms with van der Waals surface area (Å²) in [7, 11) is 3.15. The van der Waals surface area contributed by atoms with Crippen molar-refractivity contribution in [1.29, 1.82) is 0 Å². The monoisotopic (exact) mass is 468 g/mol. The average Bonchev–Trinajstić information content (AvgIpc) is 2.88.